The van der Waals surface area contributed by atoms with Crippen molar-refractivity contribution in [1.82, 2.24) is 15.1 Å². The Kier molecular flexibility index (Phi) is 4.35. The molecule has 0 radical (unpaired) electrons. The summed E-state index contributed by atoms with van der Waals surface area (Å²) in [5, 5.41) is 15.5. The Bertz CT molecular complexity index is 585. The van der Waals surface area contributed by atoms with Crippen molar-refractivity contribution < 1.29 is 23.1 Å². The van der Waals surface area contributed by atoms with Crippen LogP contribution in [0.1, 0.15) is 42.6 Å². The highest BCUT2D eigenvalue weighted by molar-refractivity contribution is 5.79. The maximum atomic E-state index is 13.0. The van der Waals surface area contributed by atoms with Crippen molar-refractivity contribution in [2.45, 2.75) is 50.8 Å². The topological polar surface area (TPSA) is 69.2 Å². The molecule has 2 aliphatic rings. The summed E-state index contributed by atoms with van der Waals surface area (Å²) in [4.78, 5) is 14.3. The van der Waals surface area contributed by atoms with Crippen molar-refractivity contribution in [2.75, 3.05) is 13.1 Å². The van der Waals surface area contributed by atoms with Crippen molar-refractivity contribution in [3.63, 3.8) is 0 Å². The van der Waals surface area contributed by atoms with Crippen LogP contribution in [0.25, 0.3) is 0 Å². The van der Waals surface area contributed by atoms with Gasteiger partial charge in [0.1, 0.15) is 0 Å². The molecule has 1 aromatic heterocycles. The fourth-order valence-corrected chi connectivity index (χ4v) is 3.50. The van der Waals surface area contributed by atoms with Gasteiger partial charge in [0, 0.05) is 30.3 Å². The molecule has 1 saturated heterocycles. The number of fused-ring (bicyclic) bond motifs is 1. The molecule has 1 aliphatic heterocycles. The zero-order chi connectivity index (χ0) is 16.6. The molecule has 1 amide bonds. The van der Waals surface area contributed by atoms with Gasteiger partial charge in [0.2, 0.25) is 5.91 Å². The SMILES string of the molecule is O=C(C1CCc2[nH]nc(C(F)(F)F)c2C1)N1CCCC(O)CC1. The van der Waals surface area contributed by atoms with Crippen molar-refractivity contribution >= 4 is 5.91 Å². The number of rotatable bonds is 1. The number of likely N-dealkylation sites (tertiary alicyclic amines) is 1. The van der Waals surface area contributed by atoms with Gasteiger partial charge >= 0.3 is 6.18 Å². The van der Waals surface area contributed by atoms with Crippen molar-refractivity contribution in [1.29, 1.82) is 0 Å². The van der Waals surface area contributed by atoms with Gasteiger partial charge in [-0.15, -0.1) is 0 Å². The third-order valence-electron chi connectivity index (χ3n) is 4.77. The molecule has 1 fully saturated rings. The van der Waals surface area contributed by atoms with E-state index in [0.29, 0.717) is 44.5 Å². The molecule has 0 bridgehead atoms. The summed E-state index contributed by atoms with van der Waals surface area (Å²) in [5.74, 6) is -0.532. The first-order chi connectivity index (χ1) is 10.9. The second-order valence-corrected chi connectivity index (χ2v) is 6.38. The van der Waals surface area contributed by atoms with Gasteiger partial charge in [-0.05, 0) is 38.5 Å². The number of hydrogen-bond acceptors (Lipinski definition) is 3. The predicted octanol–water partition coefficient (Wildman–Crippen LogP) is 1.91. The number of aliphatic hydroxyl groups is 1. The highest BCUT2D eigenvalue weighted by atomic mass is 19.4. The van der Waals surface area contributed by atoms with Crippen LogP contribution in [0.15, 0.2) is 0 Å². The van der Waals surface area contributed by atoms with Crippen LogP contribution in [-0.4, -0.2) is 45.3 Å². The zero-order valence-corrected chi connectivity index (χ0v) is 12.7. The molecule has 2 heterocycles. The molecule has 23 heavy (non-hydrogen) atoms. The summed E-state index contributed by atoms with van der Waals surface area (Å²) in [6.45, 7) is 1.04. The number of alkyl halides is 3. The van der Waals surface area contributed by atoms with Crippen LogP contribution >= 0.6 is 0 Å². The van der Waals surface area contributed by atoms with Crippen LogP contribution in [0.5, 0.6) is 0 Å². The lowest BCUT2D eigenvalue weighted by atomic mass is 9.85. The molecule has 5 nitrogen and oxygen atoms in total. The highest BCUT2D eigenvalue weighted by Gasteiger charge is 2.41. The molecule has 2 N–H and O–H groups in total. The number of amides is 1. The minimum absolute atomic E-state index is 0.0819. The van der Waals surface area contributed by atoms with Crippen LogP contribution < -0.4 is 0 Å². The first-order valence-corrected chi connectivity index (χ1v) is 7.96. The third kappa shape index (κ3) is 3.36. The predicted molar refractivity (Wildman–Crippen MR) is 75.5 cm³/mol. The smallest absolute Gasteiger partial charge is 0.393 e. The Morgan fingerprint density at radius 3 is 2.78 bits per heavy atom. The molecular weight excluding hydrogens is 311 g/mol. The van der Waals surface area contributed by atoms with E-state index >= 15 is 0 Å². The molecule has 2 unspecified atom stereocenters. The summed E-state index contributed by atoms with van der Waals surface area (Å²) >= 11 is 0. The summed E-state index contributed by atoms with van der Waals surface area (Å²) in [6.07, 6.45) is -1.95. The highest BCUT2D eigenvalue weighted by Crippen LogP contribution is 2.36. The average Bonchev–Trinajstić information content (AvgIpc) is 2.81. The lowest BCUT2D eigenvalue weighted by Crippen LogP contribution is -2.39. The van der Waals surface area contributed by atoms with E-state index in [1.54, 1.807) is 4.90 Å². The van der Waals surface area contributed by atoms with E-state index in [4.69, 9.17) is 0 Å². The molecule has 2 atom stereocenters. The number of H-pyrrole nitrogens is 1. The van der Waals surface area contributed by atoms with Crippen LogP contribution in [-0.2, 0) is 23.8 Å². The van der Waals surface area contributed by atoms with Gasteiger partial charge in [0.25, 0.3) is 0 Å². The second-order valence-electron chi connectivity index (χ2n) is 6.38. The van der Waals surface area contributed by atoms with E-state index in [2.05, 4.69) is 10.2 Å². The monoisotopic (exact) mass is 331 g/mol. The minimum atomic E-state index is -4.50. The number of aromatic amines is 1. The van der Waals surface area contributed by atoms with Crippen LogP contribution in [0.2, 0.25) is 0 Å². The fraction of sp³-hybridized carbons (Fsp3) is 0.733. The number of carbonyl (C=O) groups is 1. The van der Waals surface area contributed by atoms with Crippen molar-refractivity contribution in [3.05, 3.63) is 17.0 Å². The van der Waals surface area contributed by atoms with Gasteiger partial charge in [-0.2, -0.15) is 18.3 Å². The molecular formula is C15H20F3N3O2. The number of aryl methyl sites for hydroxylation is 1. The minimum Gasteiger partial charge on any atom is -0.393 e. The van der Waals surface area contributed by atoms with E-state index < -0.39 is 23.9 Å². The standard InChI is InChI=1S/C15H20F3N3O2/c16-15(17,18)13-11-8-9(3-4-12(11)19-20-13)14(23)21-6-1-2-10(22)5-7-21/h9-10,22H,1-8H2,(H,19,20). The molecule has 0 spiro atoms. The Balaban J connectivity index is 1.73. The quantitative estimate of drug-likeness (QED) is 0.826. The van der Waals surface area contributed by atoms with Crippen LogP contribution in [0.3, 0.4) is 0 Å². The molecule has 3 rings (SSSR count). The second kappa shape index (κ2) is 6.14. The lowest BCUT2D eigenvalue weighted by molar-refractivity contribution is -0.143. The molecule has 1 aliphatic carbocycles. The fourth-order valence-electron chi connectivity index (χ4n) is 3.50. The van der Waals surface area contributed by atoms with E-state index in [1.807, 2.05) is 0 Å². The summed E-state index contributed by atoms with van der Waals surface area (Å²) in [6, 6.07) is 0. The summed E-state index contributed by atoms with van der Waals surface area (Å²) in [5.41, 5.74) is -0.263. The molecule has 8 heteroatoms. The maximum Gasteiger partial charge on any atom is 0.435 e. The average molecular weight is 331 g/mol. The van der Waals surface area contributed by atoms with Gasteiger partial charge in [0.05, 0.1) is 6.10 Å². The Morgan fingerprint density at radius 2 is 2.04 bits per heavy atom. The van der Waals surface area contributed by atoms with Crippen LogP contribution in [0, 0.1) is 5.92 Å². The number of aromatic nitrogens is 2. The van der Waals surface area contributed by atoms with Crippen molar-refractivity contribution in [2.24, 2.45) is 5.92 Å². The Labute approximate surface area is 131 Å². The van der Waals surface area contributed by atoms with Gasteiger partial charge in [0.15, 0.2) is 5.69 Å². The van der Waals surface area contributed by atoms with Gasteiger partial charge < -0.3 is 10.0 Å². The first kappa shape index (κ1) is 16.3. The zero-order valence-electron chi connectivity index (χ0n) is 12.7. The van der Waals surface area contributed by atoms with Gasteiger partial charge in [-0.1, -0.05) is 0 Å². The van der Waals surface area contributed by atoms with E-state index in [0.717, 1.165) is 6.42 Å². The molecule has 128 valence electrons. The van der Waals surface area contributed by atoms with Gasteiger partial charge in [-0.3, -0.25) is 9.89 Å². The number of aliphatic hydroxyl groups excluding tert-OH is 1. The van der Waals surface area contributed by atoms with Crippen LogP contribution in [0.4, 0.5) is 13.2 Å². The molecule has 1 aromatic rings. The lowest BCUT2D eigenvalue weighted by Gasteiger charge is -2.28. The molecule has 0 saturated carbocycles. The first-order valence-electron chi connectivity index (χ1n) is 7.96. The Hall–Kier alpha value is -1.57. The van der Waals surface area contributed by atoms with E-state index in [-0.39, 0.29) is 17.9 Å². The summed E-state index contributed by atoms with van der Waals surface area (Å²) < 4.78 is 38.9. The Morgan fingerprint density at radius 1 is 1.26 bits per heavy atom. The third-order valence-corrected chi connectivity index (χ3v) is 4.77. The van der Waals surface area contributed by atoms with E-state index in [9.17, 15) is 23.1 Å². The number of carbonyl (C=O) groups excluding carboxylic acids is 1. The normalized spacial score (nSPS) is 25.8. The number of halogens is 3. The maximum absolute atomic E-state index is 13.0. The van der Waals surface area contributed by atoms with Crippen molar-refractivity contribution in [3.8, 4) is 0 Å². The number of nitrogens with zero attached hydrogens (tertiary/aromatic N) is 2. The number of hydrogen-bond donors (Lipinski definition) is 2. The largest absolute Gasteiger partial charge is 0.435 e. The van der Waals surface area contributed by atoms with Gasteiger partial charge in [-0.25, -0.2) is 0 Å². The molecule has 0 aromatic carbocycles. The summed E-state index contributed by atoms with van der Waals surface area (Å²) in [7, 11) is 0. The van der Waals surface area contributed by atoms with E-state index in [1.165, 1.54) is 0 Å². The number of nitrogens with one attached hydrogen (secondary N) is 1.